The third-order valence-corrected chi connectivity index (χ3v) is 7.43. The van der Waals surface area contributed by atoms with Crippen molar-refractivity contribution in [2.45, 2.75) is 38.9 Å². The Bertz CT molecular complexity index is 1510. The van der Waals surface area contributed by atoms with Gasteiger partial charge in [0.1, 0.15) is 0 Å². The molecular formula is C31H28BN3O2. The average molecular weight is 485 g/mol. The van der Waals surface area contributed by atoms with E-state index in [1.54, 1.807) is 6.20 Å². The lowest BCUT2D eigenvalue weighted by Gasteiger charge is -2.32. The first-order valence-corrected chi connectivity index (χ1v) is 12.6. The molecule has 0 radical (unpaired) electrons. The highest BCUT2D eigenvalue weighted by molar-refractivity contribution is 6.65. The third kappa shape index (κ3) is 4.22. The molecule has 0 N–H and O–H groups in total. The van der Waals surface area contributed by atoms with Gasteiger partial charge in [-0.2, -0.15) is 0 Å². The summed E-state index contributed by atoms with van der Waals surface area (Å²) in [5, 5.41) is 2.11. The van der Waals surface area contributed by atoms with Crippen molar-refractivity contribution in [2.24, 2.45) is 0 Å². The van der Waals surface area contributed by atoms with Crippen molar-refractivity contribution in [1.82, 2.24) is 15.0 Å². The summed E-state index contributed by atoms with van der Waals surface area (Å²) in [4.78, 5) is 14.6. The molecule has 1 fully saturated rings. The monoisotopic (exact) mass is 485 g/mol. The molecule has 37 heavy (non-hydrogen) atoms. The summed E-state index contributed by atoms with van der Waals surface area (Å²) in [6, 6.07) is 30.5. The van der Waals surface area contributed by atoms with Crippen LogP contribution in [0.4, 0.5) is 0 Å². The molecule has 0 aliphatic carbocycles. The lowest BCUT2D eigenvalue weighted by atomic mass is 9.75. The van der Waals surface area contributed by atoms with E-state index in [2.05, 4.69) is 69.1 Å². The van der Waals surface area contributed by atoms with E-state index in [0.717, 1.165) is 44.4 Å². The van der Waals surface area contributed by atoms with Crippen molar-refractivity contribution >= 4 is 23.4 Å². The SMILES string of the molecule is CC1(C)OB(c2cccc3c(-c4nc(-c5ccccc5)cc(-c5ccccn5)n4)cccc23)OC1(C)C. The fraction of sp³-hybridized carbons (Fsp3) is 0.194. The van der Waals surface area contributed by atoms with Crippen LogP contribution >= 0.6 is 0 Å². The van der Waals surface area contributed by atoms with Crippen LogP contribution in [0.3, 0.4) is 0 Å². The highest BCUT2D eigenvalue weighted by atomic mass is 16.7. The Morgan fingerprint density at radius 2 is 1.30 bits per heavy atom. The summed E-state index contributed by atoms with van der Waals surface area (Å²) in [5.41, 5.74) is 4.59. The summed E-state index contributed by atoms with van der Waals surface area (Å²) in [7, 11) is -0.454. The Kier molecular flexibility index (Phi) is 5.66. The maximum Gasteiger partial charge on any atom is 0.495 e. The first-order valence-electron chi connectivity index (χ1n) is 12.6. The van der Waals surface area contributed by atoms with Crippen LogP contribution in [0.25, 0.3) is 44.8 Å². The van der Waals surface area contributed by atoms with E-state index in [9.17, 15) is 0 Å². The highest BCUT2D eigenvalue weighted by Crippen LogP contribution is 2.38. The number of hydrogen-bond acceptors (Lipinski definition) is 5. The zero-order valence-electron chi connectivity index (χ0n) is 21.5. The van der Waals surface area contributed by atoms with E-state index in [1.165, 1.54) is 0 Å². The molecule has 6 rings (SSSR count). The van der Waals surface area contributed by atoms with E-state index in [0.29, 0.717) is 5.82 Å². The number of hydrogen-bond donors (Lipinski definition) is 0. The molecule has 3 aromatic carbocycles. The van der Waals surface area contributed by atoms with Crippen LogP contribution in [-0.4, -0.2) is 33.3 Å². The minimum Gasteiger partial charge on any atom is -0.399 e. The maximum absolute atomic E-state index is 6.40. The minimum atomic E-state index is -0.454. The van der Waals surface area contributed by atoms with Gasteiger partial charge >= 0.3 is 7.12 Å². The predicted molar refractivity (Wildman–Crippen MR) is 149 cm³/mol. The van der Waals surface area contributed by atoms with Gasteiger partial charge < -0.3 is 9.31 Å². The van der Waals surface area contributed by atoms with Gasteiger partial charge in [-0.25, -0.2) is 9.97 Å². The topological polar surface area (TPSA) is 57.1 Å². The smallest absolute Gasteiger partial charge is 0.399 e. The third-order valence-electron chi connectivity index (χ3n) is 7.43. The Morgan fingerprint density at radius 1 is 0.622 bits per heavy atom. The molecule has 5 nitrogen and oxygen atoms in total. The quantitative estimate of drug-likeness (QED) is 0.279. The number of rotatable bonds is 4. The van der Waals surface area contributed by atoms with E-state index in [4.69, 9.17) is 19.3 Å². The van der Waals surface area contributed by atoms with Crippen molar-refractivity contribution in [3.8, 4) is 34.0 Å². The molecule has 0 amide bonds. The standard InChI is InChI=1S/C31H28BN3O2/c1-30(2)31(3,4)37-32(36-30)25-17-11-14-22-23(25)15-10-16-24(22)29-34-27(21-12-6-5-7-13-21)20-28(35-29)26-18-8-9-19-33-26/h5-20H,1-4H3. The molecular weight excluding hydrogens is 457 g/mol. The Balaban J connectivity index is 1.53. The van der Waals surface area contributed by atoms with Gasteiger partial charge in [0.05, 0.1) is 28.3 Å². The fourth-order valence-corrected chi connectivity index (χ4v) is 4.67. The maximum atomic E-state index is 6.40. The van der Waals surface area contributed by atoms with Crippen molar-refractivity contribution in [2.75, 3.05) is 0 Å². The lowest BCUT2D eigenvalue weighted by Crippen LogP contribution is -2.41. The Labute approximate surface area is 217 Å². The summed E-state index contributed by atoms with van der Waals surface area (Å²) >= 11 is 0. The van der Waals surface area contributed by atoms with Crippen LogP contribution in [0, 0.1) is 0 Å². The number of aromatic nitrogens is 3. The summed E-state index contributed by atoms with van der Waals surface area (Å²) in [6.45, 7) is 8.30. The summed E-state index contributed by atoms with van der Waals surface area (Å²) < 4.78 is 12.8. The number of pyridine rings is 1. The molecule has 1 aliphatic rings. The van der Waals surface area contributed by atoms with Crippen molar-refractivity contribution in [3.05, 3.63) is 97.2 Å². The molecule has 0 atom stereocenters. The molecule has 0 bridgehead atoms. The van der Waals surface area contributed by atoms with E-state index < -0.39 is 18.3 Å². The predicted octanol–water partition coefficient (Wildman–Crippen LogP) is 6.33. The Morgan fingerprint density at radius 3 is 2.03 bits per heavy atom. The highest BCUT2D eigenvalue weighted by Gasteiger charge is 2.52. The van der Waals surface area contributed by atoms with Crippen LogP contribution in [0.2, 0.25) is 0 Å². The second-order valence-electron chi connectivity index (χ2n) is 10.4. The van der Waals surface area contributed by atoms with Crippen LogP contribution in [0.15, 0.2) is 97.2 Å². The van der Waals surface area contributed by atoms with Crippen LogP contribution in [0.1, 0.15) is 27.7 Å². The normalized spacial score (nSPS) is 16.3. The second kappa shape index (κ2) is 8.91. The number of benzene rings is 3. The Hall–Kier alpha value is -3.87. The van der Waals surface area contributed by atoms with Gasteiger partial charge in [0.25, 0.3) is 0 Å². The first kappa shape index (κ1) is 23.5. The molecule has 0 unspecified atom stereocenters. The van der Waals surface area contributed by atoms with Crippen LogP contribution < -0.4 is 5.46 Å². The van der Waals surface area contributed by atoms with Crippen LogP contribution in [0.5, 0.6) is 0 Å². The van der Waals surface area contributed by atoms with E-state index in [1.807, 2.05) is 54.6 Å². The van der Waals surface area contributed by atoms with Gasteiger partial charge in [-0.05, 0) is 62.1 Å². The zero-order valence-corrected chi connectivity index (χ0v) is 21.5. The second-order valence-corrected chi connectivity index (χ2v) is 10.4. The lowest BCUT2D eigenvalue weighted by molar-refractivity contribution is 0.00578. The van der Waals surface area contributed by atoms with Gasteiger partial charge in [-0.3, -0.25) is 4.98 Å². The van der Waals surface area contributed by atoms with Crippen LogP contribution in [-0.2, 0) is 9.31 Å². The molecule has 5 aromatic rings. The zero-order chi connectivity index (χ0) is 25.6. The van der Waals surface area contributed by atoms with Gasteiger partial charge in [-0.1, -0.05) is 72.8 Å². The molecule has 182 valence electrons. The number of fused-ring (bicyclic) bond motifs is 1. The fourth-order valence-electron chi connectivity index (χ4n) is 4.67. The van der Waals surface area contributed by atoms with Gasteiger partial charge in [-0.15, -0.1) is 0 Å². The van der Waals surface area contributed by atoms with E-state index >= 15 is 0 Å². The summed E-state index contributed by atoms with van der Waals surface area (Å²) in [6.07, 6.45) is 1.79. The van der Waals surface area contributed by atoms with Crippen molar-refractivity contribution < 1.29 is 9.31 Å². The van der Waals surface area contributed by atoms with E-state index in [-0.39, 0.29) is 0 Å². The van der Waals surface area contributed by atoms with Gasteiger partial charge in [0.15, 0.2) is 5.82 Å². The molecule has 6 heteroatoms. The van der Waals surface area contributed by atoms with Gasteiger partial charge in [0, 0.05) is 17.3 Å². The molecule has 2 aromatic heterocycles. The minimum absolute atomic E-state index is 0.415. The largest absolute Gasteiger partial charge is 0.495 e. The van der Waals surface area contributed by atoms with Gasteiger partial charge in [0.2, 0.25) is 0 Å². The summed E-state index contributed by atoms with van der Waals surface area (Å²) in [5.74, 6) is 0.652. The number of nitrogens with zero attached hydrogens (tertiary/aromatic N) is 3. The van der Waals surface area contributed by atoms with Crippen molar-refractivity contribution in [3.63, 3.8) is 0 Å². The first-order chi connectivity index (χ1) is 17.8. The molecule has 3 heterocycles. The average Bonchev–Trinajstić information content (AvgIpc) is 3.15. The molecule has 0 spiro atoms. The molecule has 0 saturated carbocycles. The van der Waals surface area contributed by atoms with Crippen molar-refractivity contribution in [1.29, 1.82) is 0 Å². The molecule has 1 aliphatic heterocycles. The molecule has 1 saturated heterocycles.